The minimum absolute atomic E-state index is 0. The largest absolute Gasteiger partial charge is 0.494 e. The molecule has 4 aromatic rings. The molecule has 37 heavy (non-hydrogen) atoms. The van der Waals surface area contributed by atoms with E-state index in [0.717, 1.165) is 22.4 Å². The maximum absolute atomic E-state index is 11.4. The molecule has 2 N–H and O–H groups in total. The average Bonchev–Trinajstić information content (AvgIpc) is 3.34. The van der Waals surface area contributed by atoms with Crippen LogP contribution < -0.4 is 14.4 Å². The van der Waals surface area contributed by atoms with E-state index in [0.29, 0.717) is 49.9 Å². The molecule has 4 rings (SSSR count). The maximum Gasteiger partial charge on any atom is 0.344 e. The van der Waals surface area contributed by atoms with Crippen LogP contribution in [0.15, 0.2) is 77.2 Å². The van der Waals surface area contributed by atoms with Crippen molar-refractivity contribution >= 4 is 23.1 Å². The Kier molecular flexibility index (Phi) is 9.85. The number of ether oxygens (including phenoxy) is 2. The molecule has 8 nitrogen and oxygen atoms in total. The third kappa shape index (κ3) is 7.44. The number of para-hydroxylation sites is 2. The molecular weight excluding hydrogens is 479 g/mol. The zero-order valence-electron chi connectivity index (χ0n) is 20.6. The van der Waals surface area contributed by atoms with E-state index < -0.39 is 12.1 Å². The van der Waals surface area contributed by atoms with E-state index in [1.54, 1.807) is 13.0 Å². The summed E-state index contributed by atoms with van der Waals surface area (Å²) < 4.78 is 17.6. The third-order valence-electron chi connectivity index (χ3n) is 5.70. The number of carboxylic acid groups (broad SMARTS) is 1. The highest BCUT2D eigenvalue weighted by Gasteiger charge is 2.18. The summed E-state index contributed by atoms with van der Waals surface area (Å²) in [7, 11) is 0. The van der Waals surface area contributed by atoms with E-state index >= 15 is 0 Å². The van der Waals surface area contributed by atoms with Crippen molar-refractivity contribution in [3.63, 3.8) is 0 Å². The van der Waals surface area contributed by atoms with Crippen LogP contribution in [0.5, 0.6) is 11.5 Å². The number of hydrogen-bond donors (Lipinski definition) is 2. The van der Waals surface area contributed by atoms with E-state index in [1.165, 1.54) is 0 Å². The molecule has 196 valence electrons. The quantitative estimate of drug-likeness (QED) is 0.237. The van der Waals surface area contributed by atoms with Crippen LogP contribution in [-0.4, -0.2) is 40.4 Å². The van der Waals surface area contributed by atoms with Gasteiger partial charge < -0.3 is 29.0 Å². The van der Waals surface area contributed by atoms with Crippen LogP contribution in [0, 0.1) is 0 Å². The molecule has 0 unspecified atom stereocenters. The number of aliphatic hydroxyl groups excluding tert-OH is 1. The number of benzene rings is 3. The summed E-state index contributed by atoms with van der Waals surface area (Å²) >= 11 is 0. The second-order valence-electron chi connectivity index (χ2n) is 8.39. The standard InChI is InChI=1S/C28H30N2O6.FH/c1-2-25(27(32)33)35-23-8-5-7-21(17-23)18-30(28-29-24-9-3-4-10-26(24)36-28)15-6-16-34-22-13-11-20(19-31)12-14-22;/h3-5,7-14,17,25,31H,2,6,15-16,18-19H2,1H3,(H,32,33);1H/t25-;/m1./s1. The average molecular weight is 511 g/mol. The summed E-state index contributed by atoms with van der Waals surface area (Å²) in [5.74, 6) is 0.269. The van der Waals surface area contributed by atoms with Crippen LogP contribution >= 0.6 is 0 Å². The van der Waals surface area contributed by atoms with Gasteiger partial charge in [0.05, 0.1) is 13.2 Å². The van der Waals surface area contributed by atoms with Crippen LogP contribution in [0.1, 0.15) is 30.9 Å². The molecule has 3 aromatic carbocycles. The number of anilines is 1. The second kappa shape index (κ2) is 13.3. The van der Waals surface area contributed by atoms with Gasteiger partial charge in [-0.2, -0.15) is 4.98 Å². The van der Waals surface area contributed by atoms with Crippen molar-refractivity contribution in [1.82, 2.24) is 4.98 Å². The molecule has 0 amide bonds. The van der Waals surface area contributed by atoms with Crippen molar-refractivity contribution in [3.8, 4) is 11.5 Å². The monoisotopic (exact) mass is 510 g/mol. The molecule has 9 heteroatoms. The molecule has 1 atom stereocenters. The molecule has 0 saturated carbocycles. The lowest BCUT2D eigenvalue weighted by atomic mass is 10.2. The van der Waals surface area contributed by atoms with Crippen LogP contribution in [0.25, 0.3) is 11.1 Å². The van der Waals surface area contributed by atoms with Gasteiger partial charge in [0.25, 0.3) is 6.01 Å². The summed E-state index contributed by atoms with van der Waals surface area (Å²) in [5.41, 5.74) is 3.27. The van der Waals surface area contributed by atoms with Crippen molar-refractivity contribution in [3.05, 3.63) is 83.9 Å². The molecular formula is C28H31FN2O6. The number of oxazole rings is 1. The number of aromatic nitrogens is 1. The Morgan fingerprint density at radius 1 is 1.03 bits per heavy atom. The van der Waals surface area contributed by atoms with Gasteiger partial charge in [-0.25, -0.2) is 4.79 Å². The van der Waals surface area contributed by atoms with E-state index in [9.17, 15) is 15.0 Å². The van der Waals surface area contributed by atoms with Crippen molar-refractivity contribution in [2.24, 2.45) is 0 Å². The molecule has 0 aliphatic heterocycles. The minimum atomic E-state index is -0.984. The molecule has 0 radical (unpaired) electrons. The van der Waals surface area contributed by atoms with Gasteiger partial charge in [0, 0.05) is 13.1 Å². The van der Waals surface area contributed by atoms with Crippen LogP contribution in [0.4, 0.5) is 10.7 Å². The highest BCUT2D eigenvalue weighted by Crippen LogP contribution is 2.25. The number of rotatable bonds is 13. The molecule has 0 aliphatic carbocycles. The predicted molar refractivity (Wildman–Crippen MR) is 139 cm³/mol. The smallest absolute Gasteiger partial charge is 0.344 e. The fourth-order valence-electron chi connectivity index (χ4n) is 3.78. The van der Waals surface area contributed by atoms with Crippen LogP contribution in [-0.2, 0) is 17.9 Å². The summed E-state index contributed by atoms with van der Waals surface area (Å²) in [6, 6.07) is 22.9. The Hall–Kier alpha value is -4.11. The fourth-order valence-corrected chi connectivity index (χ4v) is 3.78. The van der Waals surface area contributed by atoms with E-state index in [4.69, 9.17) is 13.9 Å². The topological polar surface area (TPSA) is 105 Å². The Bertz CT molecular complexity index is 1240. The number of nitrogens with zero attached hydrogens (tertiary/aromatic N) is 2. The lowest BCUT2D eigenvalue weighted by Crippen LogP contribution is -2.27. The number of halogens is 1. The predicted octanol–water partition coefficient (Wildman–Crippen LogP) is 5.19. The molecule has 1 heterocycles. The summed E-state index contributed by atoms with van der Waals surface area (Å²) in [6.07, 6.45) is 0.197. The lowest BCUT2D eigenvalue weighted by Gasteiger charge is -2.21. The molecule has 0 fully saturated rings. The van der Waals surface area contributed by atoms with Crippen molar-refractivity contribution in [1.29, 1.82) is 0 Å². The SMILES string of the molecule is CC[C@@H](Oc1cccc(CN(CCCOc2ccc(CO)cc2)c2nc3ccccc3o2)c1)C(=O)O.F. The Balaban J connectivity index is 0.00000380. The van der Waals surface area contributed by atoms with Crippen molar-refractivity contribution in [2.45, 2.75) is 39.0 Å². The molecule has 0 saturated heterocycles. The Morgan fingerprint density at radius 3 is 2.51 bits per heavy atom. The van der Waals surface area contributed by atoms with Gasteiger partial charge >= 0.3 is 5.97 Å². The van der Waals surface area contributed by atoms with Gasteiger partial charge in [-0.05, 0) is 60.4 Å². The van der Waals surface area contributed by atoms with Gasteiger partial charge in [-0.3, -0.25) is 4.70 Å². The van der Waals surface area contributed by atoms with Crippen LogP contribution in [0.2, 0.25) is 0 Å². The Labute approximate surface area is 214 Å². The zero-order chi connectivity index (χ0) is 25.3. The first-order valence-electron chi connectivity index (χ1n) is 12.0. The number of carbonyl (C=O) groups is 1. The summed E-state index contributed by atoms with van der Waals surface area (Å²) in [6.45, 7) is 3.40. The number of aliphatic hydroxyl groups is 1. The number of fused-ring (bicyclic) bond motifs is 1. The molecule has 1 aromatic heterocycles. The first kappa shape index (κ1) is 27.5. The number of carboxylic acids is 1. The maximum atomic E-state index is 11.4. The summed E-state index contributed by atoms with van der Waals surface area (Å²) in [5, 5.41) is 18.5. The highest BCUT2D eigenvalue weighted by molar-refractivity contribution is 5.74. The first-order valence-corrected chi connectivity index (χ1v) is 12.0. The number of aliphatic carboxylic acids is 1. The van der Waals surface area contributed by atoms with Gasteiger partial charge in [0.15, 0.2) is 11.7 Å². The second-order valence-corrected chi connectivity index (χ2v) is 8.39. The zero-order valence-corrected chi connectivity index (χ0v) is 20.6. The number of hydrogen-bond acceptors (Lipinski definition) is 7. The first-order chi connectivity index (χ1) is 17.6. The van der Waals surface area contributed by atoms with Crippen molar-refractivity contribution < 1.29 is 33.6 Å². The van der Waals surface area contributed by atoms with E-state index in [2.05, 4.69) is 4.98 Å². The molecule has 0 spiro atoms. The van der Waals surface area contributed by atoms with E-state index in [-0.39, 0.29) is 11.3 Å². The van der Waals surface area contributed by atoms with E-state index in [1.807, 2.05) is 71.6 Å². The third-order valence-corrected chi connectivity index (χ3v) is 5.70. The minimum Gasteiger partial charge on any atom is -0.494 e. The fraction of sp³-hybridized carbons (Fsp3) is 0.286. The highest BCUT2D eigenvalue weighted by atomic mass is 19.0. The van der Waals surface area contributed by atoms with Gasteiger partial charge in [0.1, 0.15) is 17.0 Å². The van der Waals surface area contributed by atoms with Gasteiger partial charge in [-0.15, -0.1) is 0 Å². The summed E-state index contributed by atoms with van der Waals surface area (Å²) in [4.78, 5) is 18.1. The molecule has 0 aliphatic rings. The van der Waals surface area contributed by atoms with Crippen LogP contribution in [0.3, 0.4) is 0 Å². The van der Waals surface area contributed by atoms with Gasteiger partial charge in [-0.1, -0.05) is 43.3 Å². The Morgan fingerprint density at radius 2 is 1.81 bits per heavy atom. The van der Waals surface area contributed by atoms with Crippen molar-refractivity contribution in [2.75, 3.05) is 18.1 Å². The molecule has 0 bridgehead atoms. The normalized spacial score (nSPS) is 11.5. The lowest BCUT2D eigenvalue weighted by molar-refractivity contribution is -0.145. The van der Waals surface area contributed by atoms with Gasteiger partial charge in [0.2, 0.25) is 0 Å².